The molecular weight excluding hydrogens is 1630 g/mol. The Morgan fingerprint density at radius 2 is 0.942 bits per heavy atom. The number of H-pyrrole nitrogens is 1. The van der Waals surface area contributed by atoms with Gasteiger partial charge in [-0.05, 0) is 166 Å². The molecule has 103 heavy (non-hydrogen) atoms. The summed E-state index contributed by atoms with van der Waals surface area (Å²) in [6.45, 7) is 1.24. The first kappa shape index (κ1) is 77.5. The first-order valence-corrected chi connectivity index (χ1v) is 34.7. The third kappa shape index (κ3) is 23.2. The highest BCUT2D eigenvalue weighted by Gasteiger charge is 2.20. The second-order valence-electron chi connectivity index (χ2n) is 21.2. The second kappa shape index (κ2) is 37.5. The lowest BCUT2D eigenvalue weighted by molar-refractivity contribution is -0.385. The standard InChI is InChI=1S/C22H14BrN3O2S.C14H11BrN2O4.C14H13BrN2O2.C8H5NO2S.C7H7BrO.C7H5FN2O3/c23-15-3-1-13(2-4-15)12-28-16-5-6-18-17(9-16)22(27)26-21(25-18)19-10-20-14(11-24-19)7-8-29-20;15-10-3-1-9(2-4-10)8-21-11-5-6-13(17(19)20)12(7-11)14(16)18;15-10-3-1-9(2-4-10)8-19-11-5-6-13(16)12(7-11)14(17)18;10-8(11)6-3-7-5(4-9-6)1-2-12-7;8-7-3-1-6(5-9)2-4-7;8-4-1-2-6(10(12)13)5(3-4)7(9)11/h1-11H,12H2,(H,25,26,27);1-7H,8H2,(H2,16,18);1-7H,8,16H2,(H2,17,18);1-4H,(H,10,11);1-4,9H,5H2;1-3H,(H2,9,11). The van der Waals surface area contributed by atoms with Crippen molar-refractivity contribution in [3.05, 3.63) is 316 Å². The van der Waals surface area contributed by atoms with Crippen molar-refractivity contribution in [1.29, 1.82) is 0 Å². The molecule has 0 saturated heterocycles. The zero-order chi connectivity index (χ0) is 74.3. The maximum atomic E-state index is 12.7. The van der Waals surface area contributed by atoms with Gasteiger partial charge < -0.3 is 52.3 Å². The number of halogens is 5. The van der Waals surface area contributed by atoms with E-state index in [1.54, 1.807) is 60.1 Å². The Kier molecular flexibility index (Phi) is 28.2. The second-order valence-corrected chi connectivity index (χ2v) is 26.7. The van der Waals surface area contributed by atoms with Crippen LogP contribution in [0.4, 0.5) is 21.5 Å². The molecular formula is C72H55Br4FN10O14S2. The highest BCUT2D eigenvalue weighted by Crippen LogP contribution is 2.29. The van der Waals surface area contributed by atoms with Gasteiger partial charge in [0.2, 0.25) is 0 Å². The largest absolute Gasteiger partial charge is 0.489 e. The average molecular weight is 1690 g/mol. The summed E-state index contributed by atoms with van der Waals surface area (Å²) < 4.78 is 35.6. The SMILES string of the molecule is NC(=O)c1cc(F)ccc1[N+](=O)[O-].NC(=O)c1cc(OCc2ccc(Br)cc2)ccc1N.NC(=O)c1cc(OCc2ccc(Br)cc2)ccc1[N+](=O)[O-].O=C(O)c1cc2sccc2cn1.O=c1[nH]c(-c2cc3sccc3cn2)nc2ccc(OCc3ccc(Br)cc3)cc12.OCc1ccc(Br)cc1. The molecule has 0 aliphatic rings. The smallest absolute Gasteiger partial charge is 0.354 e. The van der Waals surface area contributed by atoms with E-state index in [9.17, 15) is 48.6 Å². The Bertz CT molecular complexity index is 5250. The number of nitrogen functional groups attached to an aromatic ring is 1. The van der Waals surface area contributed by atoms with Gasteiger partial charge in [0.1, 0.15) is 65.4 Å². The monoisotopic (exact) mass is 1680 g/mol. The third-order valence-electron chi connectivity index (χ3n) is 14.0. The first-order valence-electron chi connectivity index (χ1n) is 29.7. The Balaban J connectivity index is 0.000000163. The number of primary amides is 3. The summed E-state index contributed by atoms with van der Waals surface area (Å²) in [5.41, 5.74) is 25.1. The fourth-order valence-electron chi connectivity index (χ4n) is 8.78. The topological polar surface area (TPSA) is 398 Å². The fourth-order valence-corrected chi connectivity index (χ4v) is 11.4. The maximum Gasteiger partial charge on any atom is 0.354 e. The van der Waals surface area contributed by atoms with Crippen LogP contribution in [0.1, 0.15) is 63.8 Å². The lowest BCUT2D eigenvalue weighted by atomic mass is 10.1. The Morgan fingerprint density at radius 1 is 0.524 bits per heavy atom. The predicted molar refractivity (Wildman–Crippen MR) is 406 cm³/mol. The van der Waals surface area contributed by atoms with Crippen LogP contribution in [0.25, 0.3) is 42.6 Å². The van der Waals surface area contributed by atoms with E-state index in [2.05, 4.69) is 83.7 Å². The number of aliphatic hydroxyl groups excluding tert-OH is 1. The number of hydrogen-bond acceptors (Lipinski definition) is 19. The molecule has 0 aliphatic heterocycles. The summed E-state index contributed by atoms with van der Waals surface area (Å²) in [5, 5.41) is 44.8. The summed E-state index contributed by atoms with van der Waals surface area (Å²) in [6, 6.07) is 54.9. The molecule has 0 aliphatic carbocycles. The number of carboxylic acid groups (broad SMARTS) is 1. The van der Waals surface area contributed by atoms with E-state index < -0.39 is 50.6 Å². The molecule has 0 spiro atoms. The summed E-state index contributed by atoms with van der Waals surface area (Å²) in [6.07, 6.45) is 3.37. The van der Waals surface area contributed by atoms with Crippen molar-refractivity contribution in [2.75, 3.05) is 5.73 Å². The van der Waals surface area contributed by atoms with Gasteiger partial charge in [0.05, 0.1) is 32.9 Å². The molecule has 0 bridgehead atoms. The van der Waals surface area contributed by atoms with Crippen molar-refractivity contribution in [1.82, 2.24) is 19.9 Å². The lowest BCUT2D eigenvalue weighted by Crippen LogP contribution is -2.13. The summed E-state index contributed by atoms with van der Waals surface area (Å²) in [7, 11) is 0. The minimum Gasteiger partial charge on any atom is -0.489 e. The number of ether oxygens (including phenoxy) is 3. The molecule has 524 valence electrons. The number of anilines is 1. The van der Waals surface area contributed by atoms with Gasteiger partial charge >= 0.3 is 5.97 Å². The number of rotatable bonds is 17. The number of carbonyl (C=O) groups is 4. The number of carbonyl (C=O) groups excluding carboxylic acids is 3. The van der Waals surface area contributed by atoms with E-state index in [0.29, 0.717) is 58.6 Å². The van der Waals surface area contributed by atoms with Crippen molar-refractivity contribution in [2.45, 2.75) is 26.4 Å². The third-order valence-corrected chi connectivity index (χ3v) is 17.9. The number of aliphatic hydroxyl groups is 1. The van der Waals surface area contributed by atoms with Crippen LogP contribution >= 0.6 is 86.4 Å². The zero-order valence-corrected chi connectivity index (χ0v) is 61.1. The number of nitrogens with one attached hydrogen (secondary N) is 1. The van der Waals surface area contributed by atoms with E-state index in [0.717, 1.165) is 78.5 Å². The quantitative estimate of drug-likeness (QED) is 0.0253. The van der Waals surface area contributed by atoms with Gasteiger partial charge in [-0.1, -0.05) is 112 Å². The molecule has 13 rings (SSSR count). The number of aromatic nitrogens is 4. The zero-order valence-electron chi connectivity index (χ0n) is 53.2. The van der Waals surface area contributed by atoms with Gasteiger partial charge in [0, 0.05) is 68.3 Å². The molecule has 0 saturated carbocycles. The van der Waals surface area contributed by atoms with Crippen molar-refractivity contribution < 1.29 is 57.8 Å². The molecule has 11 N–H and O–H groups in total. The van der Waals surface area contributed by atoms with Gasteiger partial charge in [-0.3, -0.25) is 44.4 Å². The number of hydrogen-bond donors (Lipinski definition) is 7. The molecule has 5 heterocycles. The minimum absolute atomic E-state index is 0.102. The van der Waals surface area contributed by atoms with Crippen LogP contribution < -0.4 is 42.7 Å². The number of thiophene rings is 2. The van der Waals surface area contributed by atoms with Crippen LogP contribution in [-0.4, -0.2) is 63.7 Å². The number of aromatic amines is 1. The molecule has 13 aromatic rings. The number of aromatic carboxylic acids is 1. The number of pyridine rings is 2. The van der Waals surface area contributed by atoms with E-state index in [1.807, 2.05) is 132 Å². The Hall–Kier alpha value is -11.2. The van der Waals surface area contributed by atoms with Gasteiger partial charge in [0.15, 0.2) is 5.82 Å². The first-order chi connectivity index (χ1) is 49.3. The number of carboxylic acids is 1. The maximum absolute atomic E-state index is 12.7. The molecule has 31 heteroatoms. The predicted octanol–water partition coefficient (Wildman–Crippen LogP) is 16.1. The van der Waals surface area contributed by atoms with Crippen LogP contribution in [0.2, 0.25) is 0 Å². The number of nitrogens with two attached hydrogens (primary N) is 4. The number of nitro groups is 2. The lowest BCUT2D eigenvalue weighted by Gasteiger charge is -2.09. The fraction of sp³-hybridized carbons (Fsp3) is 0.0556. The van der Waals surface area contributed by atoms with Gasteiger partial charge in [-0.25, -0.2) is 19.2 Å². The number of nitrogens with zero attached hydrogens (tertiary/aromatic N) is 5. The van der Waals surface area contributed by atoms with Crippen molar-refractivity contribution in [2.24, 2.45) is 17.2 Å². The molecule has 0 radical (unpaired) electrons. The summed E-state index contributed by atoms with van der Waals surface area (Å²) in [4.78, 5) is 91.5. The van der Waals surface area contributed by atoms with Crippen LogP contribution in [0.15, 0.2) is 240 Å². The van der Waals surface area contributed by atoms with Crippen molar-refractivity contribution >= 4 is 158 Å². The van der Waals surface area contributed by atoms with Crippen LogP contribution in [0.3, 0.4) is 0 Å². The molecule has 8 aromatic carbocycles. The molecule has 0 fully saturated rings. The van der Waals surface area contributed by atoms with Crippen molar-refractivity contribution in [3.63, 3.8) is 0 Å². The van der Waals surface area contributed by atoms with Crippen LogP contribution in [-0.2, 0) is 26.4 Å². The molecule has 5 aromatic heterocycles. The molecule has 3 amide bonds. The van der Waals surface area contributed by atoms with Gasteiger partial charge in [-0.15, -0.1) is 22.7 Å². The Labute approximate surface area is 625 Å². The highest BCUT2D eigenvalue weighted by atomic mass is 79.9. The van der Waals surface area contributed by atoms with Crippen molar-refractivity contribution in [3.8, 4) is 28.8 Å². The average Bonchev–Trinajstić information content (AvgIpc) is 1.35. The summed E-state index contributed by atoms with van der Waals surface area (Å²) >= 11 is 16.6. The van der Waals surface area contributed by atoms with E-state index >= 15 is 0 Å². The van der Waals surface area contributed by atoms with Crippen LogP contribution in [0.5, 0.6) is 17.2 Å². The highest BCUT2D eigenvalue weighted by molar-refractivity contribution is 9.11. The number of fused-ring (bicyclic) bond motifs is 3. The number of benzene rings is 8. The summed E-state index contributed by atoms with van der Waals surface area (Å²) in [5.74, 6) is -2.18. The number of amides is 3. The van der Waals surface area contributed by atoms with E-state index in [1.165, 1.54) is 29.5 Å². The normalized spacial score (nSPS) is 10.3. The molecule has 24 nitrogen and oxygen atoms in total. The molecule has 0 atom stereocenters. The Morgan fingerprint density at radius 3 is 1.41 bits per heavy atom. The van der Waals surface area contributed by atoms with E-state index in [-0.39, 0.29) is 41.3 Å². The van der Waals surface area contributed by atoms with Crippen LogP contribution in [0, 0.1) is 26.0 Å². The number of nitro benzene ring substituents is 2. The minimum atomic E-state index is -1.02. The molecule has 0 unspecified atom stereocenters. The van der Waals surface area contributed by atoms with Gasteiger partial charge in [-0.2, -0.15) is 0 Å². The van der Waals surface area contributed by atoms with Gasteiger partial charge in [0.25, 0.3) is 34.7 Å². The van der Waals surface area contributed by atoms with E-state index in [4.69, 9.17) is 47.4 Å².